The van der Waals surface area contributed by atoms with Crippen LogP contribution in [0.1, 0.15) is 39.0 Å². The van der Waals surface area contributed by atoms with Crippen LogP contribution in [0.2, 0.25) is 0 Å². The summed E-state index contributed by atoms with van der Waals surface area (Å²) in [6.07, 6.45) is 4.46. The van der Waals surface area contributed by atoms with E-state index in [0.29, 0.717) is 6.54 Å². The Balaban J connectivity index is 1.74. The average molecular weight is 297 g/mol. The van der Waals surface area contributed by atoms with Crippen LogP contribution in [0, 0.1) is 5.92 Å². The van der Waals surface area contributed by atoms with Crippen LogP contribution in [-0.4, -0.2) is 65.7 Å². The lowest BCUT2D eigenvalue weighted by molar-refractivity contribution is -0.138. The number of hydrogen-bond acceptors (Lipinski definition) is 3. The molecule has 0 bridgehead atoms. The van der Waals surface area contributed by atoms with Gasteiger partial charge in [-0.15, -0.1) is 0 Å². The number of carbonyl (C=O) groups is 2. The van der Waals surface area contributed by atoms with Crippen molar-refractivity contribution in [3.05, 3.63) is 0 Å². The van der Waals surface area contributed by atoms with Crippen molar-refractivity contribution in [1.29, 1.82) is 0 Å². The third-order valence-corrected chi connectivity index (χ3v) is 4.37. The summed E-state index contributed by atoms with van der Waals surface area (Å²) in [4.78, 5) is 27.2. The number of piperidine rings is 1. The third kappa shape index (κ3) is 5.19. The van der Waals surface area contributed by atoms with Crippen molar-refractivity contribution in [1.82, 2.24) is 15.1 Å². The molecule has 2 atom stereocenters. The molecule has 2 fully saturated rings. The Bertz CT molecular complexity index is 369. The highest BCUT2D eigenvalue weighted by Gasteiger charge is 2.26. The average Bonchev–Trinajstić information content (AvgIpc) is 2.90. The minimum Gasteiger partial charge on any atom is -0.481 e. The standard InChI is InChI=1S/C15H27N3O3/c1-12(10-17-6-2-3-7-17)16-15(21)18-8-4-5-13(11-18)9-14(19)20/h12-13H,2-11H2,1H3,(H,16,21)(H,19,20). The Morgan fingerprint density at radius 2 is 1.95 bits per heavy atom. The fourth-order valence-electron chi connectivity index (χ4n) is 3.36. The quantitative estimate of drug-likeness (QED) is 0.804. The molecule has 2 rings (SSSR count). The Hall–Kier alpha value is -1.30. The monoisotopic (exact) mass is 297 g/mol. The molecule has 21 heavy (non-hydrogen) atoms. The molecule has 0 aromatic heterocycles. The first-order valence-corrected chi connectivity index (χ1v) is 8.04. The van der Waals surface area contributed by atoms with Crippen molar-refractivity contribution in [3.8, 4) is 0 Å². The minimum atomic E-state index is -0.773. The molecule has 120 valence electrons. The Morgan fingerprint density at radius 1 is 1.24 bits per heavy atom. The van der Waals surface area contributed by atoms with Gasteiger partial charge >= 0.3 is 12.0 Å². The highest BCUT2D eigenvalue weighted by atomic mass is 16.4. The number of hydrogen-bond donors (Lipinski definition) is 2. The van der Waals surface area contributed by atoms with Gasteiger partial charge in [0.1, 0.15) is 0 Å². The van der Waals surface area contributed by atoms with E-state index in [2.05, 4.69) is 10.2 Å². The van der Waals surface area contributed by atoms with Crippen LogP contribution in [0.4, 0.5) is 4.79 Å². The zero-order valence-corrected chi connectivity index (χ0v) is 12.9. The van der Waals surface area contributed by atoms with Crippen LogP contribution >= 0.6 is 0 Å². The molecule has 6 heteroatoms. The minimum absolute atomic E-state index is 0.0446. The van der Waals surface area contributed by atoms with Crippen molar-refractivity contribution in [2.24, 2.45) is 5.92 Å². The van der Waals surface area contributed by atoms with Crippen LogP contribution in [0.25, 0.3) is 0 Å². The number of carboxylic acids is 1. The molecule has 2 amide bonds. The maximum atomic E-state index is 12.3. The van der Waals surface area contributed by atoms with Gasteiger partial charge in [0, 0.05) is 32.1 Å². The summed E-state index contributed by atoms with van der Waals surface area (Å²) in [6.45, 7) is 6.50. The molecule has 2 aliphatic rings. The molecule has 0 radical (unpaired) electrons. The molecule has 0 spiro atoms. The number of aliphatic carboxylic acids is 1. The maximum absolute atomic E-state index is 12.3. The molecule has 2 N–H and O–H groups in total. The fourth-order valence-corrected chi connectivity index (χ4v) is 3.36. The largest absolute Gasteiger partial charge is 0.481 e. The van der Waals surface area contributed by atoms with Crippen molar-refractivity contribution >= 4 is 12.0 Å². The smallest absolute Gasteiger partial charge is 0.317 e. The van der Waals surface area contributed by atoms with Crippen LogP contribution in [-0.2, 0) is 4.79 Å². The van der Waals surface area contributed by atoms with E-state index in [1.165, 1.54) is 12.8 Å². The van der Waals surface area contributed by atoms with E-state index in [4.69, 9.17) is 5.11 Å². The van der Waals surface area contributed by atoms with E-state index in [9.17, 15) is 9.59 Å². The molecule has 2 heterocycles. The summed E-state index contributed by atoms with van der Waals surface area (Å²) in [5.41, 5.74) is 0. The van der Waals surface area contributed by atoms with Crippen molar-refractivity contribution in [2.45, 2.75) is 45.1 Å². The van der Waals surface area contributed by atoms with E-state index in [1.807, 2.05) is 6.92 Å². The van der Waals surface area contributed by atoms with Crippen molar-refractivity contribution in [3.63, 3.8) is 0 Å². The molecule has 2 saturated heterocycles. The Morgan fingerprint density at radius 3 is 2.62 bits per heavy atom. The third-order valence-electron chi connectivity index (χ3n) is 4.37. The molecular weight excluding hydrogens is 270 g/mol. The molecule has 2 aliphatic heterocycles. The van der Waals surface area contributed by atoms with Gasteiger partial charge in [-0.05, 0) is 51.6 Å². The lowest BCUT2D eigenvalue weighted by atomic mass is 9.95. The van der Waals surface area contributed by atoms with E-state index >= 15 is 0 Å². The topological polar surface area (TPSA) is 72.9 Å². The molecule has 0 aromatic rings. The van der Waals surface area contributed by atoms with Gasteiger partial charge in [-0.1, -0.05) is 0 Å². The van der Waals surface area contributed by atoms with Gasteiger partial charge in [0.05, 0.1) is 0 Å². The van der Waals surface area contributed by atoms with Gasteiger partial charge in [-0.3, -0.25) is 4.79 Å². The summed E-state index contributed by atoms with van der Waals surface area (Å²) in [5.74, 6) is -0.680. The molecule has 0 aliphatic carbocycles. The van der Waals surface area contributed by atoms with Crippen LogP contribution < -0.4 is 5.32 Å². The molecular formula is C15H27N3O3. The van der Waals surface area contributed by atoms with Crippen LogP contribution in [0.15, 0.2) is 0 Å². The predicted molar refractivity (Wildman–Crippen MR) is 80.2 cm³/mol. The number of nitrogens with zero attached hydrogens (tertiary/aromatic N) is 2. The van der Waals surface area contributed by atoms with Crippen molar-refractivity contribution in [2.75, 3.05) is 32.7 Å². The number of rotatable bonds is 5. The first-order valence-electron chi connectivity index (χ1n) is 8.04. The number of carbonyl (C=O) groups excluding carboxylic acids is 1. The Kier molecular flexibility index (Phi) is 5.85. The van der Waals surface area contributed by atoms with Gasteiger partial charge in [0.2, 0.25) is 0 Å². The molecule has 6 nitrogen and oxygen atoms in total. The lowest BCUT2D eigenvalue weighted by Crippen LogP contribution is -2.50. The van der Waals surface area contributed by atoms with Crippen molar-refractivity contribution < 1.29 is 14.7 Å². The van der Waals surface area contributed by atoms with Gasteiger partial charge < -0.3 is 20.2 Å². The van der Waals surface area contributed by atoms with E-state index in [0.717, 1.165) is 39.0 Å². The van der Waals surface area contributed by atoms with Gasteiger partial charge in [0.15, 0.2) is 0 Å². The second-order valence-electron chi connectivity index (χ2n) is 6.41. The summed E-state index contributed by atoms with van der Waals surface area (Å²) >= 11 is 0. The van der Waals surface area contributed by atoms with E-state index in [1.54, 1.807) is 4.90 Å². The summed E-state index contributed by atoms with van der Waals surface area (Å²) < 4.78 is 0. The zero-order valence-electron chi connectivity index (χ0n) is 12.9. The first kappa shape index (κ1) is 16.1. The lowest BCUT2D eigenvalue weighted by Gasteiger charge is -2.33. The number of likely N-dealkylation sites (tertiary alicyclic amines) is 2. The number of carboxylic acid groups (broad SMARTS) is 1. The zero-order chi connectivity index (χ0) is 15.2. The highest BCUT2D eigenvalue weighted by molar-refractivity contribution is 5.74. The first-order chi connectivity index (χ1) is 10.0. The van der Waals surface area contributed by atoms with E-state index < -0.39 is 5.97 Å². The highest BCUT2D eigenvalue weighted by Crippen LogP contribution is 2.19. The van der Waals surface area contributed by atoms with Crippen LogP contribution in [0.5, 0.6) is 0 Å². The maximum Gasteiger partial charge on any atom is 0.317 e. The fraction of sp³-hybridized carbons (Fsp3) is 0.867. The number of urea groups is 1. The second kappa shape index (κ2) is 7.64. The number of amides is 2. The normalized spacial score (nSPS) is 24.8. The summed E-state index contributed by atoms with van der Waals surface area (Å²) in [5, 5.41) is 11.9. The van der Waals surface area contributed by atoms with Gasteiger partial charge in [-0.2, -0.15) is 0 Å². The summed E-state index contributed by atoms with van der Waals surface area (Å²) in [7, 11) is 0. The van der Waals surface area contributed by atoms with Gasteiger partial charge in [-0.25, -0.2) is 4.79 Å². The van der Waals surface area contributed by atoms with Crippen LogP contribution in [0.3, 0.4) is 0 Å². The molecule has 2 unspecified atom stereocenters. The summed E-state index contributed by atoms with van der Waals surface area (Å²) in [6, 6.07) is 0.0900. The number of nitrogens with one attached hydrogen (secondary N) is 1. The SMILES string of the molecule is CC(CN1CCCC1)NC(=O)N1CCCC(CC(=O)O)C1. The molecule has 0 aromatic carbocycles. The second-order valence-corrected chi connectivity index (χ2v) is 6.41. The molecule has 0 saturated carbocycles. The predicted octanol–water partition coefficient (Wildman–Crippen LogP) is 1.37. The van der Waals surface area contributed by atoms with E-state index in [-0.39, 0.29) is 24.4 Å². The Labute approximate surface area is 126 Å². The van der Waals surface area contributed by atoms with Gasteiger partial charge in [0.25, 0.3) is 0 Å².